The highest BCUT2D eigenvalue weighted by atomic mass is 33.1. The summed E-state index contributed by atoms with van der Waals surface area (Å²) in [7, 11) is 5.91. The van der Waals surface area contributed by atoms with E-state index in [1.54, 1.807) is 14.2 Å². The number of carboxylic acid groups (broad SMARTS) is 4. The van der Waals surface area contributed by atoms with Crippen LogP contribution in [0.4, 0.5) is 15.3 Å². The number of fused-ring (bicyclic) bond motifs is 1. The van der Waals surface area contributed by atoms with Crippen LogP contribution in [0.3, 0.4) is 0 Å². The average molecular weight is 1120 g/mol. The second-order valence-corrected chi connectivity index (χ2v) is 21.4. The van der Waals surface area contributed by atoms with Crippen molar-refractivity contribution in [1.29, 1.82) is 0 Å². The van der Waals surface area contributed by atoms with E-state index >= 15 is 0 Å². The van der Waals surface area contributed by atoms with Crippen LogP contribution in [-0.4, -0.2) is 184 Å². The largest absolute Gasteiger partial charge is 0.497 e. The predicted octanol–water partition coefficient (Wildman–Crippen LogP) is -1.46. The van der Waals surface area contributed by atoms with Gasteiger partial charge in [0.1, 0.15) is 36.6 Å². The fraction of sp³-hybridized carbons (Fsp3) is 0.596. The van der Waals surface area contributed by atoms with E-state index in [0.29, 0.717) is 17.9 Å². The molecule has 30 heteroatoms. The van der Waals surface area contributed by atoms with E-state index in [1.165, 1.54) is 21.6 Å². The number of likely N-dealkylation sites (N-methyl/N-ethyl adjacent to an activating group) is 1. The van der Waals surface area contributed by atoms with Crippen LogP contribution < -0.4 is 52.4 Å². The fourth-order valence-corrected chi connectivity index (χ4v) is 12.4. The number of hydrazine groups is 1. The number of carbonyl (C=O) groups excluding carboxylic acids is 7. The average Bonchev–Trinajstić information content (AvgIpc) is 4.12. The summed E-state index contributed by atoms with van der Waals surface area (Å²) in [6.07, 6.45) is 0.431. The first kappa shape index (κ1) is 60.8. The van der Waals surface area contributed by atoms with E-state index in [0.717, 1.165) is 24.1 Å². The first-order valence-corrected chi connectivity index (χ1v) is 27.1. The normalized spacial score (nSPS) is 23.4. The summed E-state index contributed by atoms with van der Waals surface area (Å²) in [4.78, 5) is 136. The Hall–Kier alpha value is -7.05. The molecule has 1 aliphatic heterocycles. The molecule has 28 nitrogen and oxygen atoms in total. The van der Waals surface area contributed by atoms with Gasteiger partial charge in [0.05, 0.1) is 26.1 Å². The van der Waals surface area contributed by atoms with Gasteiger partial charge in [-0.15, -0.1) is 0 Å². The summed E-state index contributed by atoms with van der Waals surface area (Å²) in [5.41, 5.74) is 3.20. The maximum absolute atomic E-state index is 14.0. The highest BCUT2D eigenvalue weighted by Gasteiger charge is 2.74. The van der Waals surface area contributed by atoms with Crippen molar-refractivity contribution in [3.05, 3.63) is 35.9 Å². The van der Waals surface area contributed by atoms with E-state index < -0.39 is 151 Å². The number of nitrogens with zero attached hydrogens (tertiary/aromatic N) is 1. The SMILES string of the molecule is COc1ccc2c(c1)N(C)[C@H]1[C@@](O)(C(=O)NNC(=O)OCCSSCCNC(=O)CNC(=O)[C@H](CC(=O)O)NC(=O)CC[C@H](NC(=O)CC[C@H](NC(=O)NCCCC(=O)O)C(=O)O)C(=O)O)[C@H](O)C3C=CCC4CC[C@]21C43. The van der Waals surface area contributed by atoms with Crippen molar-refractivity contribution in [3.8, 4) is 5.75 Å². The number of methoxy groups -OCH3 is 1. The lowest BCUT2D eigenvalue weighted by Gasteiger charge is -2.58. The number of ether oxygens (including phenoxy) is 2. The molecular formula is C47H65N9O19S2. The van der Waals surface area contributed by atoms with Crippen LogP contribution in [0.15, 0.2) is 30.4 Å². The number of hydrogen-bond acceptors (Lipinski definition) is 18. The molecule has 10 atom stereocenters. The van der Waals surface area contributed by atoms with Crippen LogP contribution >= 0.6 is 21.6 Å². The maximum Gasteiger partial charge on any atom is 0.426 e. The van der Waals surface area contributed by atoms with E-state index in [-0.39, 0.29) is 50.1 Å². The van der Waals surface area contributed by atoms with E-state index in [9.17, 15) is 78.3 Å². The number of carbonyl (C=O) groups is 11. The molecule has 77 heavy (non-hydrogen) atoms. The van der Waals surface area contributed by atoms with Gasteiger partial charge in [-0.2, -0.15) is 0 Å². The van der Waals surface area contributed by atoms with Crippen molar-refractivity contribution in [3.63, 3.8) is 0 Å². The van der Waals surface area contributed by atoms with Gasteiger partial charge in [-0.1, -0.05) is 39.8 Å². The van der Waals surface area contributed by atoms with Crippen molar-refractivity contribution in [2.45, 2.75) is 105 Å². The number of aliphatic hydroxyl groups excluding tert-OH is 1. The summed E-state index contributed by atoms with van der Waals surface area (Å²) in [5.74, 6) is -9.39. The molecule has 1 aromatic rings. The second-order valence-electron chi connectivity index (χ2n) is 18.7. The summed E-state index contributed by atoms with van der Waals surface area (Å²) in [6.45, 7) is -0.668. The molecular weight excluding hydrogens is 1060 g/mol. The van der Waals surface area contributed by atoms with Crippen molar-refractivity contribution < 1.29 is 92.9 Å². The van der Waals surface area contributed by atoms with Gasteiger partial charge in [-0.25, -0.2) is 24.6 Å². The van der Waals surface area contributed by atoms with Gasteiger partial charge in [-0.3, -0.25) is 39.0 Å². The minimum atomic E-state index is -2.36. The van der Waals surface area contributed by atoms with E-state index in [4.69, 9.17) is 14.6 Å². The monoisotopic (exact) mass is 1120 g/mol. The van der Waals surface area contributed by atoms with Crippen LogP contribution in [0.2, 0.25) is 0 Å². The van der Waals surface area contributed by atoms with Crippen LogP contribution in [-0.2, 0) is 53.3 Å². The van der Waals surface area contributed by atoms with Gasteiger partial charge in [0.25, 0.3) is 5.91 Å². The quantitative estimate of drug-likeness (QED) is 0.0189. The first-order valence-electron chi connectivity index (χ1n) is 24.6. The third kappa shape index (κ3) is 15.3. The maximum atomic E-state index is 14.0. The first-order chi connectivity index (χ1) is 36.5. The lowest BCUT2D eigenvalue weighted by Crippen LogP contribution is -2.77. The smallest absolute Gasteiger partial charge is 0.426 e. The van der Waals surface area contributed by atoms with Gasteiger partial charge >= 0.3 is 36.0 Å². The Morgan fingerprint density at radius 2 is 1.45 bits per heavy atom. The van der Waals surface area contributed by atoms with Crippen molar-refractivity contribution >= 4 is 92.8 Å². The van der Waals surface area contributed by atoms with Gasteiger partial charge in [0, 0.05) is 74.0 Å². The molecule has 0 radical (unpaired) electrons. The molecule has 1 spiro atoms. The molecule has 424 valence electrons. The number of benzene rings is 1. The zero-order chi connectivity index (χ0) is 56.6. The zero-order valence-corrected chi connectivity index (χ0v) is 43.7. The Balaban J connectivity index is 0.964. The van der Waals surface area contributed by atoms with Crippen molar-refractivity contribution in [2.75, 3.05) is 56.8 Å². The molecule has 2 fully saturated rings. The number of hydrogen-bond donors (Lipinski definition) is 14. The lowest BCUT2D eigenvalue weighted by molar-refractivity contribution is -0.185. The van der Waals surface area contributed by atoms with Gasteiger partial charge in [-0.05, 0) is 62.0 Å². The molecule has 3 unspecified atom stereocenters. The van der Waals surface area contributed by atoms with Crippen molar-refractivity contribution in [1.82, 2.24) is 42.8 Å². The topological polar surface area (TPSA) is 427 Å². The number of rotatable bonds is 29. The summed E-state index contributed by atoms with van der Waals surface area (Å²) >= 11 is 0. The third-order valence-electron chi connectivity index (χ3n) is 13.9. The van der Waals surface area contributed by atoms with Gasteiger partial charge in [0.15, 0.2) is 5.60 Å². The number of aliphatic hydroxyl groups is 2. The number of carboxylic acids is 4. The Morgan fingerprint density at radius 1 is 0.792 bits per heavy atom. The molecule has 0 saturated heterocycles. The van der Waals surface area contributed by atoms with Crippen LogP contribution in [0, 0.1) is 17.8 Å². The van der Waals surface area contributed by atoms with Gasteiger partial charge in [0.2, 0.25) is 23.6 Å². The fourth-order valence-electron chi connectivity index (χ4n) is 10.7. The minimum Gasteiger partial charge on any atom is -0.497 e. The Morgan fingerprint density at radius 3 is 2.10 bits per heavy atom. The molecule has 8 amide bonds. The highest BCUT2D eigenvalue weighted by Crippen LogP contribution is 2.68. The number of urea groups is 1. The molecule has 0 aromatic heterocycles. The summed E-state index contributed by atoms with van der Waals surface area (Å²) < 4.78 is 10.7. The second kappa shape index (κ2) is 27.8. The van der Waals surface area contributed by atoms with Crippen LogP contribution in [0.1, 0.15) is 69.8 Å². The number of allylic oxidation sites excluding steroid dienone is 1. The molecule has 4 aliphatic rings. The van der Waals surface area contributed by atoms with Gasteiger partial charge < -0.3 is 76.9 Å². The summed E-state index contributed by atoms with van der Waals surface area (Å²) in [6, 6.07) is -1.07. The third-order valence-corrected chi connectivity index (χ3v) is 16.3. The lowest BCUT2D eigenvalue weighted by atomic mass is 9.50. The number of aliphatic carboxylic acids is 4. The zero-order valence-electron chi connectivity index (χ0n) is 42.1. The molecule has 14 N–H and O–H groups in total. The van der Waals surface area contributed by atoms with Crippen molar-refractivity contribution in [2.24, 2.45) is 17.8 Å². The molecule has 3 aliphatic carbocycles. The minimum absolute atomic E-state index is 0.0356. The Bertz CT molecular complexity index is 2440. The summed E-state index contributed by atoms with van der Waals surface area (Å²) in [5, 5.41) is 74.7. The van der Waals surface area contributed by atoms with Crippen LogP contribution in [0.5, 0.6) is 5.75 Å². The molecule has 5 rings (SSSR count). The molecule has 1 aromatic carbocycles. The number of amides is 8. The molecule has 0 bridgehead atoms. The standard InChI is InChI=1S/C47H65N9O19S2/c1-56-31-21-25(74-2)8-9-27(31)46-15-14-24-5-3-6-26(37(24)46)38(64)47(73,42(46)56)43(70)54-55-45(72)75-18-20-77-76-19-17-48-34(59)23-50-39(65)30(22-36(62)63)52-33(58)12-10-28(40(66)67)51-32(57)13-11-29(41(68)69)53-44(71)49-16-4-7-35(60)61/h3,6,8-9,21,24,26,28-30,37-38,42,64,73H,4-5,7,10-20,22-23H2,1-2H3,(H,48,59)(H,50,65)(H,51,57)(H,52,58)(H,54,70)(H,55,72)(H,60,61)(H,62,63)(H,66,67)(H,68,69)(H2,49,53,71)/t24?,26?,28-,29-,30-,37?,38+,42+,46+,47+/m0/s1. The number of anilines is 1. The van der Waals surface area contributed by atoms with E-state index in [2.05, 4.69) is 42.8 Å². The van der Waals surface area contributed by atoms with Crippen LogP contribution in [0.25, 0.3) is 0 Å². The Labute approximate surface area is 448 Å². The highest BCUT2D eigenvalue weighted by molar-refractivity contribution is 8.76. The molecule has 1 heterocycles. The Kier molecular flexibility index (Phi) is 22.0. The molecule has 2 saturated carbocycles. The van der Waals surface area contributed by atoms with E-state index in [1.807, 2.05) is 35.3 Å². The predicted molar refractivity (Wildman–Crippen MR) is 272 cm³/mol. The number of nitrogens with one attached hydrogen (secondary N) is 8.